The number of rotatable bonds is 10. The Morgan fingerprint density at radius 2 is 1.83 bits per heavy atom. The zero-order valence-electron chi connectivity index (χ0n) is 20.2. The van der Waals surface area contributed by atoms with Gasteiger partial charge in [0.05, 0.1) is 19.6 Å². The van der Waals surface area contributed by atoms with Crippen LogP contribution in [-0.4, -0.2) is 67.9 Å². The summed E-state index contributed by atoms with van der Waals surface area (Å²) < 4.78 is 5.18. The first-order valence-corrected chi connectivity index (χ1v) is 11.8. The van der Waals surface area contributed by atoms with Crippen LogP contribution in [0, 0.1) is 0 Å². The Kier molecular flexibility index (Phi) is 9.37. The van der Waals surface area contributed by atoms with E-state index in [2.05, 4.69) is 10.6 Å². The summed E-state index contributed by atoms with van der Waals surface area (Å²) in [4.78, 5) is 53.1. The lowest BCUT2D eigenvalue weighted by atomic mass is 10.1. The molecule has 3 amide bonds. The smallest absolute Gasteiger partial charge is 0.307 e. The first kappa shape index (κ1) is 25.9. The minimum Gasteiger partial charge on any atom is -0.466 e. The molecule has 2 aromatic rings. The largest absolute Gasteiger partial charge is 0.466 e. The first-order chi connectivity index (χ1) is 16.9. The number of esters is 1. The lowest BCUT2D eigenvalue weighted by Gasteiger charge is -2.33. The lowest BCUT2D eigenvalue weighted by molar-refractivity contribution is -0.149. The topological polar surface area (TPSA) is 108 Å². The van der Waals surface area contributed by atoms with Crippen LogP contribution in [-0.2, 0) is 19.1 Å². The second-order valence-electron chi connectivity index (χ2n) is 8.38. The van der Waals surface area contributed by atoms with E-state index < -0.39 is 12.0 Å². The molecule has 2 aromatic carbocycles. The van der Waals surface area contributed by atoms with Gasteiger partial charge >= 0.3 is 5.97 Å². The number of carbonyl (C=O) groups excluding carboxylic acids is 4. The van der Waals surface area contributed by atoms with Crippen molar-refractivity contribution in [1.82, 2.24) is 10.2 Å². The van der Waals surface area contributed by atoms with Gasteiger partial charge in [-0.2, -0.15) is 0 Å². The lowest BCUT2D eigenvalue weighted by Crippen LogP contribution is -2.57. The normalized spacial score (nSPS) is 15.7. The van der Waals surface area contributed by atoms with Gasteiger partial charge in [0.15, 0.2) is 0 Å². The van der Waals surface area contributed by atoms with Crippen molar-refractivity contribution in [3.05, 3.63) is 60.2 Å². The highest BCUT2D eigenvalue weighted by molar-refractivity contribution is 6.06. The van der Waals surface area contributed by atoms with E-state index >= 15 is 0 Å². The fourth-order valence-corrected chi connectivity index (χ4v) is 3.76. The molecule has 186 valence electrons. The molecule has 0 radical (unpaired) electrons. The fourth-order valence-electron chi connectivity index (χ4n) is 3.76. The van der Waals surface area contributed by atoms with Crippen molar-refractivity contribution in [2.75, 3.05) is 43.5 Å². The number of carbonyl (C=O) groups is 4. The number of nitrogens with one attached hydrogen (secondary N) is 2. The number of nitrogens with zero attached hydrogens (tertiary/aromatic N) is 2. The van der Waals surface area contributed by atoms with E-state index in [0.29, 0.717) is 30.9 Å². The molecule has 1 aliphatic heterocycles. The average molecular weight is 481 g/mol. The minimum absolute atomic E-state index is 0.0439. The Labute approximate surface area is 205 Å². The van der Waals surface area contributed by atoms with Crippen molar-refractivity contribution in [3.63, 3.8) is 0 Å². The maximum Gasteiger partial charge on any atom is 0.307 e. The zero-order chi connectivity index (χ0) is 25.2. The molecule has 2 N–H and O–H groups in total. The Morgan fingerprint density at radius 1 is 1.11 bits per heavy atom. The number of unbranched alkanes of at least 4 members (excludes halogenated alkanes) is 1. The number of hydrogen-bond donors (Lipinski definition) is 2. The van der Waals surface area contributed by atoms with Gasteiger partial charge in [0.2, 0.25) is 11.8 Å². The summed E-state index contributed by atoms with van der Waals surface area (Å²) in [5.41, 5.74) is 1.80. The summed E-state index contributed by atoms with van der Waals surface area (Å²) >= 11 is 0. The molecular weight excluding hydrogens is 448 g/mol. The first-order valence-electron chi connectivity index (χ1n) is 11.8. The van der Waals surface area contributed by atoms with Crippen LogP contribution in [0.4, 0.5) is 11.4 Å². The molecule has 1 saturated heterocycles. The molecule has 1 heterocycles. The molecule has 35 heavy (non-hydrogen) atoms. The highest BCUT2D eigenvalue weighted by atomic mass is 16.5. The third-order valence-corrected chi connectivity index (χ3v) is 5.77. The van der Waals surface area contributed by atoms with Crippen LogP contribution in [0.2, 0.25) is 0 Å². The average Bonchev–Trinajstić information content (AvgIpc) is 2.86. The summed E-state index contributed by atoms with van der Waals surface area (Å²) in [6.45, 7) is 3.13. The molecule has 0 spiro atoms. The molecule has 0 saturated carbocycles. The van der Waals surface area contributed by atoms with Gasteiger partial charge in [0.1, 0.15) is 6.04 Å². The van der Waals surface area contributed by atoms with E-state index in [9.17, 15) is 19.2 Å². The van der Waals surface area contributed by atoms with E-state index in [1.54, 1.807) is 41.1 Å². The van der Waals surface area contributed by atoms with Crippen LogP contribution < -0.4 is 15.5 Å². The van der Waals surface area contributed by atoms with E-state index in [-0.39, 0.29) is 30.7 Å². The van der Waals surface area contributed by atoms with Crippen molar-refractivity contribution in [1.29, 1.82) is 0 Å². The standard InChI is InChI=1S/C26H32N4O5/c1-3-4-16-35-24(32)17-22-25(33)27-14-15-30(22)18-23(31)28-20-12-10-19(11-13-20)26(34)29(2)21-8-6-5-7-9-21/h5-13,22H,3-4,14-18H2,1-2H3,(H,27,33)(H,28,31). The van der Waals surface area contributed by atoms with Crippen molar-refractivity contribution in [3.8, 4) is 0 Å². The van der Waals surface area contributed by atoms with Crippen LogP contribution >= 0.6 is 0 Å². The van der Waals surface area contributed by atoms with Crippen molar-refractivity contribution >= 4 is 35.1 Å². The van der Waals surface area contributed by atoms with Gasteiger partial charge in [0, 0.05) is 37.1 Å². The molecule has 0 aliphatic carbocycles. The van der Waals surface area contributed by atoms with Gasteiger partial charge in [-0.25, -0.2) is 0 Å². The molecule has 1 fully saturated rings. The highest BCUT2D eigenvalue weighted by Gasteiger charge is 2.33. The molecule has 3 rings (SSSR count). The zero-order valence-corrected chi connectivity index (χ0v) is 20.2. The van der Waals surface area contributed by atoms with Gasteiger partial charge in [-0.05, 0) is 42.8 Å². The van der Waals surface area contributed by atoms with Crippen molar-refractivity contribution in [2.45, 2.75) is 32.2 Å². The third-order valence-electron chi connectivity index (χ3n) is 5.77. The van der Waals surface area contributed by atoms with Gasteiger partial charge < -0.3 is 20.3 Å². The Morgan fingerprint density at radius 3 is 2.51 bits per heavy atom. The van der Waals surface area contributed by atoms with Crippen molar-refractivity contribution in [2.24, 2.45) is 0 Å². The van der Waals surface area contributed by atoms with Crippen molar-refractivity contribution < 1.29 is 23.9 Å². The second kappa shape index (κ2) is 12.7. The van der Waals surface area contributed by atoms with Gasteiger partial charge in [-0.1, -0.05) is 31.5 Å². The van der Waals surface area contributed by atoms with E-state index in [1.807, 2.05) is 37.3 Å². The van der Waals surface area contributed by atoms with Crippen LogP contribution in [0.25, 0.3) is 0 Å². The maximum atomic E-state index is 12.7. The van der Waals surface area contributed by atoms with Crippen LogP contribution in [0.5, 0.6) is 0 Å². The fraction of sp³-hybridized carbons (Fsp3) is 0.385. The second-order valence-corrected chi connectivity index (χ2v) is 8.38. The molecule has 1 aliphatic rings. The number of anilines is 2. The summed E-state index contributed by atoms with van der Waals surface area (Å²) in [6.07, 6.45) is 1.57. The minimum atomic E-state index is -0.753. The molecule has 1 unspecified atom stereocenters. The number of para-hydroxylation sites is 1. The number of piperazine rings is 1. The summed E-state index contributed by atoms with van der Waals surface area (Å²) in [5.74, 6) is -1.22. The van der Waals surface area contributed by atoms with E-state index in [0.717, 1.165) is 18.5 Å². The van der Waals surface area contributed by atoms with Crippen LogP contribution in [0.15, 0.2) is 54.6 Å². The van der Waals surface area contributed by atoms with Crippen LogP contribution in [0.1, 0.15) is 36.5 Å². The Bertz CT molecular complexity index is 1030. The number of ether oxygens (including phenoxy) is 1. The van der Waals surface area contributed by atoms with Crippen LogP contribution in [0.3, 0.4) is 0 Å². The summed E-state index contributed by atoms with van der Waals surface area (Å²) in [7, 11) is 1.71. The van der Waals surface area contributed by atoms with E-state index in [4.69, 9.17) is 4.74 Å². The Balaban J connectivity index is 1.56. The molecule has 0 aromatic heterocycles. The Hall–Kier alpha value is -3.72. The van der Waals surface area contributed by atoms with Gasteiger partial charge in [-0.3, -0.25) is 24.1 Å². The molecule has 0 bridgehead atoms. The quantitative estimate of drug-likeness (QED) is 0.400. The predicted octanol–water partition coefficient (Wildman–Crippen LogP) is 2.44. The number of amides is 3. The van der Waals surface area contributed by atoms with Gasteiger partial charge in [0.25, 0.3) is 5.91 Å². The molecule has 1 atom stereocenters. The number of hydrogen-bond acceptors (Lipinski definition) is 6. The number of benzene rings is 2. The molecular formula is C26H32N4O5. The third kappa shape index (κ3) is 7.38. The predicted molar refractivity (Wildman–Crippen MR) is 133 cm³/mol. The SMILES string of the molecule is CCCCOC(=O)CC1C(=O)NCCN1CC(=O)Nc1ccc(C(=O)N(C)c2ccccc2)cc1. The molecule has 9 nitrogen and oxygen atoms in total. The van der Waals surface area contributed by atoms with E-state index in [1.165, 1.54) is 0 Å². The highest BCUT2D eigenvalue weighted by Crippen LogP contribution is 2.17. The monoisotopic (exact) mass is 480 g/mol. The molecule has 9 heteroatoms. The summed E-state index contributed by atoms with van der Waals surface area (Å²) in [6, 6.07) is 15.2. The summed E-state index contributed by atoms with van der Waals surface area (Å²) in [5, 5.41) is 5.53. The maximum absolute atomic E-state index is 12.7. The van der Waals surface area contributed by atoms with Gasteiger partial charge in [-0.15, -0.1) is 0 Å².